The number of aryl methyl sites for hydroxylation is 1. The van der Waals surface area contributed by atoms with E-state index >= 15 is 0 Å². The Morgan fingerprint density at radius 1 is 1.11 bits per heavy atom. The van der Waals surface area contributed by atoms with Gasteiger partial charge in [-0.3, -0.25) is 0 Å². The third kappa shape index (κ3) is 1.61. The predicted molar refractivity (Wildman–Crippen MR) is 63.7 cm³/mol. The highest BCUT2D eigenvalue weighted by atomic mass is 16.2. The minimum Gasteiger partial charge on any atom is -0.250 e. The number of rotatable bonds is 2. The maximum absolute atomic E-state index is 11.7. The van der Waals surface area contributed by atoms with E-state index in [0.717, 1.165) is 11.4 Å². The van der Waals surface area contributed by atoms with Gasteiger partial charge in [-0.05, 0) is 24.3 Å². The summed E-state index contributed by atoms with van der Waals surface area (Å²) in [7, 11) is 1.61. The van der Waals surface area contributed by atoms with E-state index in [1.807, 2.05) is 24.3 Å². The molecule has 0 unspecified atom stereocenters. The molecule has 0 aliphatic rings. The van der Waals surface area contributed by atoms with Crippen LogP contribution in [0.2, 0.25) is 0 Å². The van der Waals surface area contributed by atoms with Crippen molar-refractivity contribution in [1.82, 2.24) is 29.3 Å². The molecule has 0 amide bonds. The molecule has 0 N–H and O–H groups in total. The first-order valence-corrected chi connectivity index (χ1v) is 5.33. The lowest BCUT2D eigenvalue weighted by Crippen LogP contribution is -2.21. The minimum atomic E-state index is -0.177. The van der Waals surface area contributed by atoms with Crippen LogP contribution >= 0.6 is 0 Å². The lowest BCUT2D eigenvalue weighted by Gasteiger charge is -2.03. The zero-order valence-corrected chi connectivity index (χ0v) is 9.63. The van der Waals surface area contributed by atoms with E-state index in [9.17, 15) is 4.79 Å². The maximum Gasteiger partial charge on any atom is 0.350 e. The molecule has 3 aromatic rings. The van der Waals surface area contributed by atoms with Gasteiger partial charge in [0.15, 0.2) is 0 Å². The van der Waals surface area contributed by atoms with Gasteiger partial charge in [-0.1, -0.05) is 5.21 Å². The smallest absolute Gasteiger partial charge is 0.250 e. The normalized spacial score (nSPS) is 10.7. The van der Waals surface area contributed by atoms with Crippen LogP contribution in [-0.4, -0.2) is 29.3 Å². The standard InChI is InChI=1S/C11H10N6O/c1-15-11(18)16(8-13-15)9-2-4-10(5-3-9)17-7-6-12-14-17/h2-8H,1H3. The van der Waals surface area contributed by atoms with E-state index in [4.69, 9.17) is 0 Å². The molecule has 0 saturated carbocycles. The molecule has 18 heavy (non-hydrogen) atoms. The van der Waals surface area contributed by atoms with E-state index in [0.29, 0.717) is 0 Å². The number of hydrogen-bond acceptors (Lipinski definition) is 4. The first-order valence-electron chi connectivity index (χ1n) is 5.33. The van der Waals surface area contributed by atoms with Gasteiger partial charge < -0.3 is 0 Å². The SMILES string of the molecule is Cn1ncn(-c2ccc(-n3ccnn3)cc2)c1=O. The average Bonchev–Trinajstić information content (AvgIpc) is 3.02. The van der Waals surface area contributed by atoms with Gasteiger partial charge in [0.05, 0.1) is 23.8 Å². The van der Waals surface area contributed by atoms with Gasteiger partial charge in [0, 0.05) is 7.05 Å². The molecular formula is C11H10N6O. The summed E-state index contributed by atoms with van der Waals surface area (Å²) in [5.41, 5.74) is 1.47. The second kappa shape index (κ2) is 3.95. The summed E-state index contributed by atoms with van der Waals surface area (Å²) in [6, 6.07) is 7.40. The molecule has 0 radical (unpaired) electrons. The van der Waals surface area contributed by atoms with Crippen LogP contribution in [-0.2, 0) is 7.05 Å². The molecule has 2 heterocycles. The molecule has 2 aromatic heterocycles. The maximum atomic E-state index is 11.7. The van der Waals surface area contributed by atoms with Crippen molar-refractivity contribution >= 4 is 0 Å². The van der Waals surface area contributed by atoms with E-state index in [1.54, 1.807) is 24.1 Å². The number of hydrogen-bond donors (Lipinski definition) is 0. The summed E-state index contributed by atoms with van der Waals surface area (Å²) >= 11 is 0. The first-order chi connectivity index (χ1) is 8.75. The summed E-state index contributed by atoms with van der Waals surface area (Å²) in [5, 5.41) is 11.5. The number of nitrogens with zero attached hydrogens (tertiary/aromatic N) is 6. The Labute approximate surface area is 102 Å². The fourth-order valence-corrected chi connectivity index (χ4v) is 1.67. The zero-order valence-electron chi connectivity index (χ0n) is 9.63. The molecule has 0 spiro atoms. The Morgan fingerprint density at radius 2 is 1.83 bits per heavy atom. The van der Waals surface area contributed by atoms with Gasteiger partial charge in [0.1, 0.15) is 6.33 Å². The minimum absolute atomic E-state index is 0.177. The van der Waals surface area contributed by atoms with Crippen molar-refractivity contribution in [2.24, 2.45) is 7.05 Å². The van der Waals surface area contributed by atoms with Crippen LogP contribution in [0.3, 0.4) is 0 Å². The lowest BCUT2D eigenvalue weighted by atomic mass is 10.3. The summed E-state index contributed by atoms with van der Waals surface area (Å²) < 4.78 is 4.41. The van der Waals surface area contributed by atoms with E-state index in [1.165, 1.54) is 15.6 Å². The fraction of sp³-hybridized carbons (Fsp3) is 0.0909. The molecular weight excluding hydrogens is 232 g/mol. The molecule has 0 bridgehead atoms. The van der Waals surface area contributed by atoms with Gasteiger partial charge >= 0.3 is 5.69 Å². The topological polar surface area (TPSA) is 70.5 Å². The summed E-state index contributed by atoms with van der Waals surface area (Å²) in [5.74, 6) is 0. The van der Waals surface area contributed by atoms with Crippen LogP contribution in [0.1, 0.15) is 0 Å². The van der Waals surface area contributed by atoms with E-state index in [2.05, 4.69) is 15.4 Å². The highest BCUT2D eigenvalue weighted by Crippen LogP contribution is 2.10. The Morgan fingerprint density at radius 3 is 2.39 bits per heavy atom. The summed E-state index contributed by atoms with van der Waals surface area (Å²) in [4.78, 5) is 11.7. The van der Waals surface area contributed by atoms with Crippen molar-refractivity contribution in [3.8, 4) is 11.4 Å². The molecule has 0 fully saturated rings. The van der Waals surface area contributed by atoms with Gasteiger partial charge in [0.2, 0.25) is 0 Å². The van der Waals surface area contributed by atoms with Crippen molar-refractivity contribution in [3.63, 3.8) is 0 Å². The Balaban J connectivity index is 2.01. The third-order valence-corrected chi connectivity index (χ3v) is 2.64. The van der Waals surface area contributed by atoms with Crippen LogP contribution in [0.15, 0.2) is 47.8 Å². The van der Waals surface area contributed by atoms with E-state index < -0.39 is 0 Å². The molecule has 3 rings (SSSR count). The Kier molecular flexibility index (Phi) is 2.30. The van der Waals surface area contributed by atoms with E-state index in [-0.39, 0.29) is 5.69 Å². The summed E-state index contributed by atoms with van der Waals surface area (Å²) in [6.45, 7) is 0. The molecule has 0 saturated heterocycles. The summed E-state index contributed by atoms with van der Waals surface area (Å²) in [6.07, 6.45) is 4.86. The van der Waals surface area contributed by atoms with Crippen molar-refractivity contribution in [2.75, 3.05) is 0 Å². The lowest BCUT2D eigenvalue weighted by molar-refractivity contribution is 0.726. The molecule has 0 aliphatic heterocycles. The average molecular weight is 242 g/mol. The van der Waals surface area contributed by atoms with Crippen LogP contribution in [0.4, 0.5) is 0 Å². The quantitative estimate of drug-likeness (QED) is 0.641. The van der Waals surface area contributed by atoms with Crippen LogP contribution < -0.4 is 5.69 Å². The zero-order chi connectivity index (χ0) is 12.5. The molecule has 0 aliphatic carbocycles. The third-order valence-electron chi connectivity index (χ3n) is 2.64. The number of aromatic nitrogens is 6. The fourth-order valence-electron chi connectivity index (χ4n) is 1.67. The van der Waals surface area contributed by atoms with Crippen LogP contribution in [0.25, 0.3) is 11.4 Å². The Bertz CT molecular complexity index is 707. The number of benzene rings is 1. The van der Waals surface area contributed by atoms with Crippen LogP contribution in [0.5, 0.6) is 0 Å². The van der Waals surface area contributed by atoms with Gasteiger partial charge in [-0.2, -0.15) is 5.10 Å². The molecule has 1 aromatic carbocycles. The second-order valence-corrected chi connectivity index (χ2v) is 3.77. The molecule has 7 nitrogen and oxygen atoms in total. The van der Waals surface area contributed by atoms with Crippen molar-refractivity contribution in [2.45, 2.75) is 0 Å². The highest BCUT2D eigenvalue weighted by Gasteiger charge is 2.04. The van der Waals surface area contributed by atoms with Crippen molar-refractivity contribution < 1.29 is 0 Å². The molecule has 90 valence electrons. The monoisotopic (exact) mass is 242 g/mol. The second-order valence-electron chi connectivity index (χ2n) is 3.77. The van der Waals surface area contributed by atoms with Crippen molar-refractivity contribution in [1.29, 1.82) is 0 Å². The van der Waals surface area contributed by atoms with Gasteiger partial charge in [-0.25, -0.2) is 18.7 Å². The van der Waals surface area contributed by atoms with Crippen LogP contribution in [0, 0.1) is 0 Å². The first kappa shape index (κ1) is 10.5. The van der Waals surface area contributed by atoms with Crippen molar-refractivity contribution in [3.05, 3.63) is 53.5 Å². The predicted octanol–water partition coefficient (Wildman–Crippen LogP) is 0.152. The van der Waals surface area contributed by atoms with Gasteiger partial charge in [0.25, 0.3) is 0 Å². The molecule has 7 heteroatoms. The Hall–Kier alpha value is -2.70. The highest BCUT2D eigenvalue weighted by molar-refractivity contribution is 5.40. The van der Waals surface area contributed by atoms with Gasteiger partial charge in [-0.15, -0.1) is 5.10 Å². The largest absolute Gasteiger partial charge is 0.350 e. The molecule has 0 atom stereocenters.